The molecule has 4 aromatic rings. The van der Waals surface area contributed by atoms with E-state index in [-0.39, 0.29) is 35.1 Å². The molecule has 2 aromatic carbocycles. The number of nitrogens with zero attached hydrogens (tertiary/aromatic N) is 6. The van der Waals surface area contributed by atoms with Crippen LogP contribution >= 0.6 is 23.2 Å². The van der Waals surface area contributed by atoms with E-state index >= 15 is 0 Å². The quantitative estimate of drug-likeness (QED) is 0.274. The Morgan fingerprint density at radius 3 is 2.10 bits per heavy atom. The van der Waals surface area contributed by atoms with Crippen LogP contribution in [0, 0.1) is 17.9 Å². The Morgan fingerprint density at radius 1 is 0.974 bits per heavy atom. The van der Waals surface area contributed by atoms with Crippen molar-refractivity contribution in [3.63, 3.8) is 0 Å². The lowest BCUT2D eigenvalue weighted by molar-refractivity contribution is 0.130. The highest BCUT2D eigenvalue weighted by Gasteiger charge is 2.37. The molecule has 1 aliphatic rings. The van der Waals surface area contributed by atoms with Gasteiger partial charge in [-0.1, -0.05) is 54.0 Å². The Bertz CT molecular complexity index is 1640. The van der Waals surface area contributed by atoms with Gasteiger partial charge in [-0.25, -0.2) is 0 Å². The molecule has 2 atom stereocenters. The van der Waals surface area contributed by atoms with Gasteiger partial charge >= 0.3 is 0 Å². The van der Waals surface area contributed by atoms with Gasteiger partial charge in [0.1, 0.15) is 17.3 Å². The summed E-state index contributed by atoms with van der Waals surface area (Å²) in [5, 5.41) is 11.4. The summed E-state index contributed by atoms with van der Waals surface area (Å²) in [4.78, 5) is 25.8. The Morgan fingerprint density at radius 2 is 1.56 bits per heavy atom. The monoisotopic (exact) mass is 556 g/mol. The van der Waals surface area contributed by atoms with E-state index in [9.17, 15) is 10.1 Å². The van der Waals surface area contributed by atoms with Crippen molar-refractivity contribution in [1.29, 1.82) is 5.26 Å². The second kappa shape index (κ2) is 10.7. The standard InChI is InChI=1S/C30H26Cl2N6O/c1-18-17-38(29-24(15-33)30(39)36(4)25-13-14-26(34-3)35-27(25)29)19(2)16-37(18)28(20-5-9-22(31)10-6-20)21-7-11-23(32)12-8-21/h5-14,18-19,28H,16-17H2,1-2,4H3/t18-,19+/m1/s1. The van der Waals surface area contributed by atoms with Crippen molar-refractivity contribution < 1.29 is 0 Å². The van der Waals surface area contributed by atoms with E-state index in [2.05, 4.69) is 39.5 Å². The normalized spacial score (nSPS) is 17.8. The molecular weight excluding hydrogens is 531 g/mol. The van der Waals surface area contributed by atoms with Gasteiger partial charge in [-0.2, -0.15) is 5.26 Å². The Labute approximate surface area is 237 Å². The highest BCUT2D eigenvalue weighted by atomic mass is 35.5. The third kappa shape index (κ3) is 4.86. The van der Waals surface area contributed by atoms with Crippen LogP contribution < -0.4 is 10.5 Å². The van der Waals surface area contributed by atoms with Crippen molar-refractivity contribution >= 4 is 45.7 Å². The van der Waals surface area contributed by atoms with Crippen LogP contribution in [0.5, 0.6) is 0 Å². The van der Waals surface area contributed by atoms with Gasteiger partial charge in [-0.3, -0.25) is 9.69 Å². The van der Waals surface area contributed by atoms with Crippen molar-refractivity contribution in [2.24, 2.45) is 7.05 Å². The number of hydrogen-bond donors (Lipinski definition) is 0. The van der Waals surface area contributed by atoms with Crippen LogP contribution in [0.25, 0.3) is 15.9 Å². The average Bonchev–Trinajstić information content (AvgIpc) is 2.94. The van der Waals surface area contributed by atoms with Gasteiger partial charge in [-0.15, -0.1) is 4.98 Å². The average molecular weight is 557 g/mol. The zero-order chi connectivity index (χ0) is 27.8. The lowest BCUT2D eigenvalue weighted by atomic mass is 9.93. The van der Waals surface area contributed by atoms with E-state index in [1.807, 2.05) is 48.5 Å². The maximum atomic E-state index is 13.2. The Hall–Kier alpha value is -3.88. The van der Waals surface area contributed by atoms with Crippen molar-refractivity contribution in [2.75, 3.05) is 18.0 Å². The highest BCUT2D eigenvalue weighted by Crippen LogP contribution is 2.37. The number of benzene rings is 2. The second-order valence-corrected chi connectivity index (χ2v) is 10.8. The summed E-state index contributed by atoms with van der Waals surface area (Å²) < 4.78 is 1.43. The summed E-state index contributed by atoms with van der Waals surface area (Å²) in [5.74, 6) is 0.219. The van der Waals surface area contributed by atoms with E-state index in [0.717, 1.165) is 11.1 Å². The molecule has 1 saturated heterocycles. The summed E-state index contributed by atoms with van der Waals surface area (Å²) in [5.41, 5.74) is 3.45. The first-order valence-electron chi connectivity index (χ1n) is 12.6. The molecule has 39 heavy (non-hydrogen) atoms. The smallest absolute Gasteiger partial charge is 0.271 e. The van der Waals surface area contributed by atoms with Crippen LogP contribution in [-0.4, -0.2) is 39.6 Å². The van der Waals surface area contributed by atoms with Gasteiger partial charge in [-0.05, 0) is 61.4 Å². The summed E-state index contributed by atoms with van der Waals surface area (Å²) in [6.07, 6.45) is 0. The zero-order valence-electron chi connectivity index (χ0n) is 21.8. The molecule has 196 valence electrons. The number of pyridine rings is 2. The van der Waals surface area contributed by atoms with Gasteiger partial charge in [0, 0.05) is 42.3 Å². The Kier molecular flexibility index (Phi) is 7.34. The third-order valence-corrected chi connectivity index (χ3v) is 7.96. The summed E-state index contributed by atoms with van der Waals surface area (Å²) >= 11 is 12.4. The molecule has 0 aliphatic carbocycles. The first kappa shape index (κ1) is 26.7. The summed E-state index contributed by atoms with van der Waals surface area (Å²) in [6.45, 7) is 12.9. The number of fused-ring (bicyclic) bond motifs is 1. The fourth-order valence-electron chi connectivity index (χ4n) is 5.52. The molecule has 0 bridgehead atoms. The molecule has 9 heteroatoms. The predicted molar refractivity (Wildman–Crippen MR) is 156 cm³/mol. The largest absolute Gasteiger partial charge is 0.361 e. The molecule has 0 amide bonds. The molecule has 1 fully saturated rings. The van der Waals surface area contributed by atoms with Crippen LogP contribution in [0.4, 0.5) is 11.5 Å². The highest BCUT2D eigenvalue weighted by molar-refractivity contribution is 6.30. The lowest BCUT2D eigenvalue weighted by Gasteiger charge is -2.48. The number of aryl methyl sites for hydroxylation is 1. The van der Waals surface area contributed by atoms with Crippen LogP contribution in [0.1, 0.15) is 36.6 Å². The molecule has 5 rings (SSSR count). The fourth-order valence-corrected chi connectivity index (χ4v) is 5.77. The minimum atomic E-state index is -0.375. The fraction of sp³-hybridized carbons (Fsp3) is 0.267. The number of hydrogen-bond acceptors (Lipinski definition) is 5. The maximum Gasteiger partial charge on any atom is 0.271 e. The van der Waals surface area contributed by atoms with Crippen molar-refractivity contribution in [3.05, 3.63) is 109 Å². The number of anilines is 1. The van der Waals surface area contributed by atoms with E-state index in [0.29, 0.717) is 39.9 Å². The van der Waals surface area contributed by atoms with E-state index < -0.39 is 0 Å². The van der Waals surface area contributed by atoms with Gasteiger partial charge in [0.25, 0.3) is 11.4 Å². The minimum Gasteiger partial charge on any atom is -0.361 e. The first-order chi connectivity index (χ1) is 18.7. The van der Waals surface area contributed by atoms with Gasteiger partial charge in [0.05, 0.1) is 11.6 Å². The molecule has 3 heterocycles. The number of aromatic nitrogens is 2. The topological polar surface area (TPSA) is 69.5 Å². The van der Waals surface area contributed by atoms with E-state index in [1.165, 1.54) is 4.57 Å². The molecule has 0 N–H and O–H groups in total. The van der Waals surface area contributed by atoms with Crippen molar-refractivity contribution in [2.45, 2.75) is 32.0 Å². The molecule has 2 aromatic heterocycles. The number of rotatable bonds is 4. The van der Waals surface area contributed by atoms with Crippen molar-refractivity contribution in [3.8, 4) is 6.07 Å². The number of piperazine rings is 1. The third-order valence-electron chi connectivity index (χ3n) is 7.45. The minimum absolute atomic E-state index is 0.0345. The van der Waals surface area contributed by atoms with Crippen LogP contribution in [0.15, 0.2) is 65.5 Å². The molecule has 0 saturated carbocycles. The molecule has 7 nitrogen and oxygen atoms in total. The predicted octanol–water partition coefficient (Wildman–Crippen LogP) is 6.35. The second-order valence-electron chi connectivity index (χ2n) is 9.90. The van der Waals surface area contributed by atoms with Gasteiger partial charge in [0.15, 0.2) is 0 Å². The molecule has 1 aliphatic heterocycles. The summed E-state index contributed by atoms with van der Waals surface area (Å²) in [6, 6.07) is 21.1. The lowest BCUT2D eigenvalue weighted by Crippen LogP contribution is -2.58. The first-order valence-corrected chi connectivity index (χ1v) is 13.3. The van der Waals surface area contributed by atoms with Gasteiger partial charge < -0.3 is 14.3 Å². The van der Waals surface area contributed by atoms with E-state index in [1.54, 1.807) is 19.2 Å². The number of halogens is 2. The maximum absolute atomic E-state index is 13.2. The van der Waals surface area contributed by atoms with Crippen LogP contribution in [-0.2, 0) is 7.05 Å². The molecular formula is C30H26Cl2N6O. The SMILES string of the molecule is [C-]#[N+]c1ccc2c(n1)c(N1C[C@@H](C)N(C(c3ccc(Cl)cc3)c3ccc(Cl)cc3)C[C@@H]1C)c(C#N)c(=O)n2C. The molecule has 0 radical (unpaired) electrons. The Balaban J connectivity index is 1.61. The van der Waals surface area contributed by atoms with Crippen molar-refractivity contribution in [1.82, 2.24) is 14.5 Å². The van der Waals surface area contributed by atoms with Gasteiger partial charge in [0.2, 0.25) is 5.52 Å². The molecule has 0 unspecified atom stereocenters. The number of nitriles is 1. The van der Waals surface area contributed by atoms with Crippen LogP contribution in [0.2, 0.25) is 10.0 Å². The summed E-state index contributed by atoms with van der Waals surface area (Å²) in [7, 11) is 1.63. The molecule has 0 spiro atoms. The van der Waals surface area contributed by atoms with Crippen LogP contribution in [0.3, 0.4) is 0 Å². The zero-order valence-corrected chi connectivity index (χ0v) is 23.3. The van der Waals surface area contributed by atoms with E-state index in [4.69, 9.17) is 29.8 Å².